The lowest BCUT2D eigenvalue weighted by Crippen LogP contribution is -2.15. The van der Waals surface area contributed by atoms with Gasteiger partial charge in [-0.25, -0.2) is 4.98 Å². The summed E-state index contributed by atoms with van der Waals surface area (Å²) in [7, 11) is 0. The molecule has 0 saturated carbocycles. The van der Waals surface area contributed by atoms with E-state index < -0.39 is 12.0 Å². The number of aliphatic carboxylic acids is 1. The first-order valence-corrected chi connectivity index (χ1v) is 12.4. The highest BCUT2D eigenvalue weighted by molar-refractivity contribution is 5.82. The Morgan fingerprint density at radius 1 is 1.14 bits per heavy atom. The first kappa shape index (κ1) is 23.7. The number of anilines is 1. The molecule has 1 aromatic carbocycles. The summed E-state index contributed by atoms with van der Waals surface area (Å²) in [5.41, 5.74) is 4.00. The van der Waals surface area contributed by atoms with Gasteiger partial charge in [0, 0.05) is 42.0 Å². The van der Waals surface area contributed by atoms with Crippen LogP contribution in [0.4, 0.5) is 5.82 Å². The zero-order valence-corrected chi connectivity index (χ0v) is 20.3. The number of pyridine rings is 2. The summed E-state index contributed by atoms with van der Waals surface area (Å²) >= 11 is 0. The Balaban J connectivity index is 1.31. The highest BCUT2D eigenvalue weighted by Crippen LogP contribution is 2.31. The molecule has 8 heteroatoms. The van der Waals surface area contributed by atoms with Gasteiger partial charge in [0.1, 0.15) is 17.3 Å². The van der Waals surface area contributed by atoms with Gasteiger partial charge in [-0.1, -0.05) is 6.07 Å². The molecule has 4 heterocycles. The summed E-state index contributed by atoms with van der Waals surface area (Å²) in [5, 5.41) is 13.9. The van der Waals surface area contributed by atoms with Gasteiger partial charge in [0.2, 0.25) is 0 Å². The predicted octanol–water partition coefficient (Wildman–Crippen LogP) is 4.87. The number of hydrogen-bond acceptors (Lipinski definition) is 6. The number of rotatable bonds is 10. The zero-order valence-electron chi connectivity index (χ0n) is 20.3. The lowest BCUT2D eigenvalue weighted by Gasteiger charge is -2.19. The Bertz CT molecular complexity index is 1370. The van der Waals surface area contributed by atoms with Crippen molar-refractivity contribution >= 4 is 22.7 Å². The number of aromatic nitrogens is 3. The van der Waals surface area contributed by atoms with E-state index in [0.717, 1.165) is 59.5 Å². The van der Waals surface area contributed by atoms with Crippen LogP contribution in [0.2, 0.25) is 0 Å². The van der Waals surface area contributed by atoms with E-state index in [0.29, 0.717) is 19.0 Å². The standard InChI is InChI=1S/C28H30N4O4/c1-2-35-24-15-21(17-29-18-24)26(16-27(33)34)32-12-9-20-14-23(7-8-25(20)32)36-13-10-22-6-5-19-4-3-11-30-28(19)31-22/h5-9,12,14-15,17-18,26H,2-4,10-11,13,16H2,1H3,(H,30,31)(H,33,34). The number of carbonyl (C=O) groups is 1. The van der Waals surface area contributed by atoms with Crippen molar-refractivity contribution in [1.29, 1.82) is 0 Å². The van der Waals surface area contributed by atoms with E-state index in [2.05, 4.69) is 22.4 Å². The molecule has 8 nitrogen and oxygen atoms in total. The molecular weight excluding hydrogens is 456 g/mol. The predicted molar refractivity (Wildman–Crippen MR) is 138 cm³/mol. The normalized spacial score (nSPS) is 13.6. The maximum atomic E-state index is 11.7. The number of nitrogens with zero attached hydrogens (tertiary/aromatic N) is 3. The molecule has 2 N–H and O–H groups in total. The molecule has 0 radical (unpaired) electrons. The second kappa shape index (κ2) is 10.7. The molecule has 0 saturated heterocycles. The molecule has 0 aliphatic carbocycles. The lowest BCUT2D eigenvalue weighted by atomic mass is 10.1. The van der Waals surface area contributed by atoms with E-state index in [4.69, 9.17) is 14.5 Å². The number of fused-ring (bicyclic) bond motifs is 2. The van der Waals surface area contributed by atoms with E-state index in [1.54, 1.807) is 12.4 Å². The highest BCUT2D eigenvalue weighted by atomic mass is 16.5. The molecule has 1 atom stereocenters. The SMILES string of the molecule is CCOc1cncc(C(CC(=O)O)n2ccc3cc(OCCc4ccc5c(n4)NCCC5)ccc32)c1. The smallest absolute Gasteiger partial charge is 0.305 e. The van der Waals surface area contributed by atoms with Crippen LogP contribution in [0.25, 0.3) is 10.9 Å². The van der Waals surface area contributed by atoms with Crippen LogP contribution >= 0.6 is 0 Å². The van der Waals surface area contributed by atoms with Crippen LogP contribution in [0.1, 0.15) is 42.6 Å². The molecule has 0 amide bonds. The number of nitrogens with one attached hydrogen (secondary N) is 1. The molecule has 3 aromatic heterocycles. The third kappa shape index (κ3) is 5.27. The monoisotopic (exact) mass is 486 g/mol. The van der Waals surface area contributed by atoms with Gasteiger partial charge in [0.05, 0.1) is 31.9 Å². The van der Waals surface area contributed by atoms with Gasteiger partial charge in [-0.2, -0.15) is 0 Å². The minimum Gasteiger partial charge on any atom is -0.493 e. The van der Waals surface area contributed by atoms with Crippen molar-refractivity contribution in [2.45, 2.75) is 38.6 Å². The third-order valence-corrected chi connectivity index (χ3v) is 6.40. The quantitative estimate of drug-likeness (QED) is 0.330. The average Bonchev–Trinajstić information content (AvgIpc) is 3.30. The van der Waals surface area contributed by atoms with E-state index in [1.165, 1.54) is 5.56 Å². The van der Waals surface area contributed by atoms with Crippen LogP contribution in [0.5, 0.6) is 11.5 Å². The summed E-state index contributed by atoms with van der Waals surface area (Å²) in [5.74, 6) is 1.52. The number of carboxylic acids is 1. The maximum absolute atomic E-state index is 11.7. The van der Waals surface area contributed by atoms with Crippen molar-refractivity contribution in [2.24, 2.45) is 0 Å². The van der Waals surface area contributed by atoms with Crippen LogP contribution in [0.15, 0.2) is 61.1 Å². The summed E-state index contributed by atoms with van der Waals surface area (Å²) in [6, 6.07) is 13.5. The molecular formula is C28H30N4O4. The van der Waals surface area contributed by atoms with Crippen LogP contribution in [0, 0.1) is 0 Å². The lowest BCUT2D eigenvalue weighted by molar-refractivity contribution is -0.137. The van der Waals surface area contributed by atoms with Crippen molar-refractivity contribution in [3.05, 3.63) is 77.9 Å². The molecule has 1 unspecified atom stereocenters. The van der Waals surface area contributed by atoms with Crippen LogP contribution in [-0.2, 0) is 17.6 Å². The van der Waals surface area contributed by atoms with Gasteiger partial charge in [0.25, 0.3) is 0 Å². The summed E-state index contributed by atoms with van der Waals surface area (Å²) in [6.45, 7) is 3.92. The average molecular weight is 487 g/mol. The van der Waals surface area contributed by atoms with Gasteiger partial charge in [0.15, 0.2) is 0 Å². The zero-order chi connectivity index (χ0) is 24.9. The van der Waals surface area contributed by atoms with E-state index >= 15 is 0 Å². The van der Waals surface area contributed by atoms with Crippen molar-refractivity contribution in [3.8, 4) is 11.5 Å². The Hall–Kier alpha value is -4.07. The van der Waals surface area contributed by atoms with Crippen LogP contribution < -0.4 is 14.8 Å². The van der Waals surface area contributed by atoms with E-state index in [9.17, 15) is 9.90 Å². The molecule has 1 aliphatic rings. The fraction of sp³-hybridized carbons (Fsp3) is 0.321. The Morgan fingerprint density at radius 3 is 2.92 bits per heavy atom. The molecule has 0 spiro atoms. The van der Waals surface area contributed by atoms with Crippen LogP contribution in [-0.4, -0.2) is 45.4 Å². The fourth-order valence-electron chi connectivity index (χ4n) is 4.69. The molecule has 0 fully saturated rings. The Morgan fingerprint density at radius 2 is 2.06 bits per heavy atom. The topological polar surface area (TPSA) is 98.5 Å². The van der Waals surface area contributed by atoms with Crippen molar-refractivity contribution in [3.63, 3.8) is 0 Å². The largest absolute Gasteiger partial charge is 0.493 e. The molecule has 5 rings (SSSR count). The van der Waals surface area contributed by atoms with Gasteiger partial charge in [-0.3, -0.25) is 9.78 Å². The second-order valence-corrected chi connectivity index (χ2v) is 8.88. The minimum absolute atomic E-state index is 0.0675. The van der Waals surface area contributed by atoms with Gasteiger partial charge in [-0.05, 0) is 67.3 Å². The number of aryl methyl sites for hydroxylation is 1. The first-order chi connectivity index (χ1) is 17.6. The summed E-state index contributed by atoms with van der Waals surface area (Å²) in [4.78, 5) is 20.7. The van der Waals surface area contributed by atoms with Gasteiger partial charge >= 0.3 is 5.97 Å². The molecule has 36 heavy (non-hydrogen) atoms. The van der Waals surface area contributed by atoms with E-state index in [1.807, 2.05) is 48.0 Å². The first-order valence-electron chi connectivity index (χ1n) is 12.4. The summed E-state index contributed by atoms with van der Waals surface area (Å²) < 4.78 is 13.6. The maximum Gasteiger partial charge on any atom is 0.305 e. The van der Waals surface area contributed by atoms with Gasteiger partial charge in [-0.15, -0.1) is 0 Å². The molecule has 4 aromatic rings. The van der Waals surface area contributed by atoms with Crippen molar-refractivity contribution < 1.29 is 19.4 Å². The van der Waals surface area contributed by atoms with Crippen molar-refractivity contribution in [2.75, 3.05) is 25.1 Å². The highest BCUT2D eigenvalue weighted by Gasteiger charge is 2.20. The molecule has 1 aliphatic heterocycles. The second-order valence-electron chi connectivity index (χ2n) is 8.88. The Kier molecular flexibility index (Phi) is 7.02. The van der Waals surface area contributed by atoms with Crippen LogP contribution in [0.3, 0.4) is 0 Å². The minimum atomic E-state index is -0.880. The number of hydrogen-bond donors (Lipinski definition) is 2. The number of carboxylic acid groups (broad SMARTS) is 1. The Labute approximate surface area is 209 Å². The van der Waals surface area contributed by atoms with E-state index in [-0.39, 0.29) is 6.42 Å². The summed E-state index contributed by atoms with van der Waals surface area (Å²) in [6.07, 6.45) is 8.13. The van der Waals surface area contributed by atoms with Gasteiger partial charge < -0.3 is 24.5 Å². The number of benzene rings is 1. The number of ether oxygens (including phenoxy) is 2. The molecule has 0 bridgehead atoms. The third-order valence-electron chi connectivity index (χ3n) is 6.40. The molecule has 186 valence electrons. The van der Waals surface area contributed by atoms with Crippen molar-refractivity contribution in [1.82, 2.24) is 14.5 Å². The fourth-order valence-corrected chi connectivity index (χ4v) is 4.69.